The van der Waals surface area contributed by atoms with Crippen molar-refractivity contribution in [3.8, 4) is 0 Å². The SMILES string of the molecule is CN(C)C(=O)N1CCC(C(=O)N2CCCC2c2nc3ccncc3[nH]2)CC1. The second-order valence-corrected chi connectivity index (χ2v) is 7.64. The molecular weight excluding hydrogens is 344 g/mol. The molecular formula is C19H26N6O2. The zero-order chi connectivity index (χ0) is 19.0. The molecule has 0 spiro atoms. The van der Waals surface area contributed by atoms with Crippen molar-refractivity contribution in [2.45, 2.75) is 31.7 Å². The lowest BCUT2D eigenvalue weighted by atomic mass is 9.95. The third kappa shape index (κ3) is 3.36. The Bertz CT molecular complexity index is 807. The van der Waals surface area contributed by atoms with Gasteiger partial charge in [-0.2, -0.15) is 0 Å². The van der Waals surface area contributed by atoms with Gasteiger partial charge in [0, 0.05) is 45.8 Å². The fourth-order valence-electron chi connectivity index (χ4n) is 4.18. The van der Waals surface area contributed by atoms with Gasteiger partial charge in [-0.3, -0.25) is 9.78 Å². The summed E-state index contributed by atoms with van der Waals surface area (Å²) in [7, 11) is 3.52. The van der Waals surface area contributed by atoms with Gasteiger partial charge in [0.25, 0.3) is 0 Å². The fourth-order valence-corrected chi connectivity index (χ4v) is 4.18. The summed E-state index contributed by atoms with van der Waals surface area (Å²) in [5.41, 5.74) is 1.79. The first-order chi connectivity index (χ1) is 13.0. The summed E-state index contributed by atoms with van der Waals surface area (Å²) in [6.07, 6.45) is 6.87. The zero-order valence-corrected chi connectivity index (χ0v) is 15.9. The molecule has 1 N–H and O–H groups in total. The molecule has 4 rings (SSSR count). The van der Waals surface area contributed by atoms with Gasteiger partial charge in [-0.05, 0) is 31.7 Å². The predicted octanol–water partition coefficient (Wildman–Crippen LogP) is 2.01. The summed E-state index contributed by atoms with van der Waals surface area (Å²) >= 11 is 0. The van der Waals surface area contributed by atoms with E-state index in [1.54, 1.807) is 31.4 Å². The monoisotopic (exact) mass is 370 g/mol. The molecule has 1 atom stereocenters. The number of nitrogens with zero attached hydrogens (tertiary/aromatic N) is 5. The molecule has 0 saturated carbocycles. The lowest BCUT2D eigenvalue weighted by Crippen LogP contribution is -2.47. The van der Waals surface area contributed by atoms with Crippen LogP contribution in [0.15, 0.2) is 18.5 Å². The van der Waals surface area contributed by atoms with E-state index in [2.05, 4.69) is 15.0 Å². The van der Waals surface area contributed by atoms with E-state index in [1.165, 1.54) is 0 Å². The summed E-state index contributed by atoms with van der Waals surface area (Å²) in [6, 6.07) is 1.91. The number of carbonyl (C=O) groups excluding carboxylic acids is 2. The van der Waals surface area contributed by atoms with Gasteiger partial charge in [-0.15, -0.1) is 0 Å². The maximum Gasteiger partial charge on any atom is 0.319 e. The Morgan fingerprint density at radius 2 is 1.96 bits per heavy atom. The smallest absolute Gasteiger partial charge is 0.319 e. The van der Waals surface area contributed by atoms with Gasteiger partial charge in [-0.25, -0.2) is 9.78 Å². The van der Waals surface area contributed by atoms with Gasteiger partial charge in [0.2, 0.25) is 5.91 Å². The van der Waals surface area contributed by atoms with Crippen LogP contribution in [-0.4, -0.2) is 75.3 Å². The molecule has 2 aromatic rings. The van der Waals surface area contributed by atoms with Crippen LogP contribution in [0.3, 0.4) is 0 Å². The van der Waals surface area contributed by atoms with Gasteiger partial charge in [0.1, 0.15) is 5.82 Å². The number of hydrogen-bond acceptors (Lipinski definition) is 4. The Labute approximate surface area is 158 Å². The van der Waals surface area contributed by atoms with E-state index in [9.17, 15) is 9.59 Å². The number of rotatable bonds is 2. The van der Waals surface area contributed by atoms with Gasteiger partial charge in [0.05, 0.1) is 23.3 Å². The molecule has 8 heteroatoms. The number of hydrogen-bond donors (Lipinski definition) is 1. The van der Waals surface area contributed by atoms with Gasteiger partial charge in [0.15, 0.2) is 0 Å². The zero-order valence-electron chi connectivity index (χ0n) is 15.9. The lowest BCUT2D eigenvalue weighted by Gasteiger charge is -2.35. The van der Waals surface area contributed by atoms with Crippen molar-refractivity contribution in [2.75, 3.05) is 33.7 Å². The first-order valence-corrected chi connectivity index (χ1v) is 9.61. The van der Waals surface area contributed by atoms with Crippen molar-refractivity contribution in [1.29, 1.82) is 0 Å². The number of likely N-dealkylation sites (tertiary alicyclic amines) is 2. The van der Waals surface area contributed by atoms with Crippen molar-refractivity contribution in [3.05, 3.63) is 24.3 Å². The van der Waals surface area contributed by atoms with Crippen LogP contribution < -0.4 is 0 Å². The van der Waals surface area contributed by atoms with E-state index >= 15 is 0 Å². The van der Waals surface area contributed by atoms with E-state index < -0.39 is 0 Å². The Morgan fingerprint density at radius 1 is 1.19 bits per heavy atom. The quantitative estimate of drug-likeness (QED) is 0.876. The largest absolute Gasteiger partial charge is 0.339 e. The average Bonchev–Trinajstić information content (AvgIpc) is 3.33. The molecule has 2 fully saturated rings. The molecule has 0 bridgehead atoms. The standard InChI is InChI=1S/C19H26N6O2/c1-23(2)19(27)24-10-6-13(7-11-24)18(26)25-9-3-4-16(25)17-21-14-5-8-20-12-15(14)22-17/h5,8,12-13,16H,3-4,6-7,9-11H2,1-2H3,(H,21,22). The Morgan fingerprint density at radius 3 is 2.67 bits per heavy atom. The van der Waals surface area contributed by atoms with Crippen LogP contribution in [0.25, 0.3) is 11.0 Å². The summed E-state index contributed by atoms with van der Waals surface area (Å²) in [5.74, 6) is 1.04. The normalized spacial score (nSPS) is 21.0. The van der Waals surface area contributed by atoms with E-state index in [1.807, 2.05) is 15.9 Å². The summed E-state index contributed by atoms with van der Waals surface area (Å²) in [5, 5.41) is 0. The number of aromatic nitrogens is 3. The highest BCUT2D eigenvalue weighted by atomic mass is 16.2. The van der Waals surface area contributed by atoms with Crippen molar-refractivity contribution in [3.63, 3.8) is 0 Å². The predicted molar refractivity (Wildman–Crippen MR) is 101 cm³/mol. The number of urea groups is 1. The molecule has 1 unspecified atom stereocenters. The fraction of sp³-hybridized carbons (Fsp3) is 0.579. The molecule has 0 aromatic carbocycles. The lowest BCUT2D eigenvalue weighted by molar-refractivity contribution is -0.138. The second kappa shape index (κ2) is 7.17. The Balaban J connectivity index is 1.44. The molecule has 2 aliphatic heterocycles. The van der Waals surface area contributed by atoms with Gasteiger partial charge >= 0.3 is 6.03 Å². The second-order valence-electron chi connectivity index (χ2n) is 7.64. The maximum absolute atomic E-state index is 13.2. The minimum Gasteiger partial charge on any atom is -0.339 e. The number of piperidine rings is 1. The first-order valence-electron chi connectivity index (χ1n) is 9.61. The molecule has 8 nitrogen and oxygen atoms in total. The highest BCUT2D eigenvalue weighted by Gasteiger charge is 2.37. The van der Waals surface area contributed by atoms with Gasteiger partial charge in [-0.1, -0.05) is 0 Å². The Kier molecular flexibility index (Phi) is 4.72. The number of fused-ring (bicyclic) bond motifs is 1. The number of imidazole rings is 1. The van der Waals surface area contributed by atoms with Crippen LogP contribution in [0.2, 0.25) is 0 Å². The Hall–Kier alpha value is -2.64. The van der Waals surface area contributed by atoms with Crippen molar-refractivity contribution in [1.82, 2.24) is 29.7 Å². The number of amides is 3. The number of nitrogens with one attached hydrogen (secondary N) is 1. The molecule has 2 aromatic heterocycles. The van der Waals surface area contributed by atoms with Crippen molar-refractivity contribution >= 4 is 23.0 Å². The van der Waals surface area contributed by atoms with E-state index in [0.29, 0.717) is 13.1 Å². The minimum absolute atomic E-state index is 0.00587. The van der Waals surface area contributed by atoms with Crippen LogP contribution in [0, 0.1) is 5.92 Å². The van der Waals surface area contributed by atoms with Crippen LogP contribution >= 0.6 is 0 Å². The molecule has 0 radical (unpaired) electrons. The molecule has 0 aliphatic carbocycles. The minimum atomic E-state index is -0.0112. The highest BCUT2D eigenvalue weighted by molar-refractivity contribution is 5.81. The van der Waals surface area contributed by atoms with Crippen LogP contribution in [-0.2, 0) is 4.79 Å². The van der Waals surface area contributed by atoms with Crippen LogP contribution in [0.5, 0.6) is 0 Å². The number of carbonyl (C=O) groups is 2. The van der Waals surface area contributed by atoms with E-state index in [-0.39, 0.29) is 23.9 Å². The summed E-state index contributed by atoms with van der Waals surface area (Å²) < 4.78 is 0. The van der Waals surface area contributed by atoms with E-state index in [4.69, 9.17) is 0 Å². The molecule has 144 valence electrons. The van der Waals surface area contributed by atoms with Gasteiger partial charge < -0.3 is 19.7 Å². The highest BCUT2D eigenvalue weighted by Crippen LogP contribution is 2.34. The molecule has 4 heterocycles. The summed E-state index contributed by atoms with van der Waals surface area (Å²) in [4.78, 5) is 42.8. The maximum atomic E-state index is 13.2. The number of H-pyrrole nitrogens is 1. The molecule has 3 amide bonds. The molecule has 2 saturated heterocycles. The third-order valence-corrected chi connectivity index (χ3v) is 5.65. The third-order valence-electron chi connectivity index (χ3n) is 5.65. The average molecular weight is 370 g/mol. The van der Waals surface area contributed by atoms with E-state index in [0.717, 1.165) is 49.1 Å². The molecule has 2 aliphatic rings. The van der Waals surface area contributed by atoms with Crippen LogP contribution in [0.1, 0.15) is 37.5 Å². The number of aromatic amines is 1. The summed E-state index contributed by atoms with van der Waals surface area (Å²) in [6.45, 7) is 2.06. The van der Waals surface area contributed by atoms with Crippen molar-refractivity contribution < 1.29 is 9.59 Å². The topological polar surface area (TPSA) is 85.4 Å². The molecule has 27 heavy (non-hydrogen) atoms. The first kappa shape index (κ1) is 17.8. The van der Waals surface area contributed by atoms with Crippen LogP contribution in [0.4, 0.5) is 4.79 Å². The number of pyridine rings is 1. The van der Waals surface area contributed by atoms with Crippen molar-refractivity contribution in [2.24, 2.45) is 5.92 Å².